The number of anilines is 2. The summed E-state index contributed by atoms with van der Waals surface area (Å²) in [7, 11) is -3.50. The zero-order chi connectivity index (χ0) is 18.9. The highest BCUT2D eigenvalue weighted by Gasteiger charge is 2.30. The van der Waals surface area contributed by atoms with Gasteiger partial charge in [0.25, 0.3) is 0 Å². The molecule has 1 aliphatic heterocycles. The number of thiophene rings is 1. The molecule has 3 rings (SSSR count). The van der Waals surface area contributed by atoms with Crippen molar-refractivity contribution >= 4 is 37.5 Å². The zero-order valence-electron chi connectivity index (χ0n) is 14.0. The summed E-state index contributed by atoms with van der Waals surface area (Å²) in [6.07, 6.45) is 2.37. The van der Waals surface area contributed by atoms with Crippen molar-refractivity contribution in [3.8, 4) is 0 Å². The Morgan fingerprint density at radius 1 is 1.31 bits per heavy atom. The molecule has 1 aromatic heterocycles. The van der Waals surface area contributed by atoms with E-state index in [-0.39, 0.29) is 21.8 Å². The summed E-state index contributed by atoms with van der Waals surface area (Å²) >= 11 is 0.925. The van der Waals surface area contributed by atoms with E-state index in [4.69, 9.17) is 0 Å². The van der Waals surface area contributed by atoms with Gasteiger partial charge in [0.1, 0.15) is 10.0 Å². The number of nitrogens with one attached hydrogen (secondary N) is 1. The largest absolute Gasteiger partial charge is 0.380 e. The van der Waals surface area contributed by atoms with Crippen LogP contribution >= 0.6 is 11.3 Å². The molecule has 2 heterocycles. The molecular weight excluding hydrogens is 381 g/mol. The standard InChI is InChI=1S/C16H18FN3O4S2/c1-26(23,24)15-10-14(20(21)22)16(25-15)19-8-6-11(7-9-19)18-13-5-3-2-4-12(13)17/h2-5,10-11,18H,6-9H2,1H3. The van der Waals surface area contributed by atoms with Gasteiger partial charge < -0.3 is 10.2 Å². The van der Waals surface area contributed by atoms with Crippen LogP contribution in [0.1, 0.15) is 12.8 Å². The molecule has 0 amide bonds. The van der Waals surface area contributed by atoms with Gasteiger partial charge in [-0.2, -0.15) is 0 Å². The molecule has 0 unspecified atom stereocenters. The maximum Gasteiger partial charge on any atom is 0.305 e. The molecule has 1 aliphatic rings. The molecule has 0 atom stereocenters. The van der Waals surface area contributed by atoms with E-state index in [2.05, 4.69) is 5.32 Å². The third-order valence-corrected chi connectivity index (χ3v) is 7.24. The summed E-state index contributed by atoms with van der Waals surface area (Å²) < 4.78 is 37.2. The van der Waals surface area contributed by atoms with Gasteiger partial charge in [0.15, 0.2) is 14.8 Å². The van der Waals surface area contributed by atoms with Crippen LogP contribution in [0.2, 0.25) is 0 Å². The van der Waals surface area contributed by atoms with Gasteiger partial charge in [0.05, 0.1) is 10.6 Å². The minimum absolute atomic E-state index is 0.00851. The number of hydrogen-bond acceptors (Lipinski definition) is 7. The van der Waals surface area contributed by atoms with Gasteiger partial charge >= 0.3 is 5.69 Å². The summed E-state index contributed by atoms with van der Waals surface area (Å²) in [5.74, 6) is -0.318. The van der Waals surface area contributed by atoms with E-state index >= 15 is 0 Å². The summed E-state index contributed by atoms with van der Waals surface area (Å²) in [5.41, 5.74) is 0.253. The number of halogens is 1. The predicted molar refractivity (Wildman–Crippen MR) is 99.3 cm³/mol. The highest BCUT2D eigenvalue weighted by Crippen LogP contribution is 2.41. The Labute approximate surface area is 154 Å². The molecule has 10 heteroatoms. The minimum atomic E-state index is -3.50. The first-order chi connectivity index (χ1) is 12.3. The SMILES string of the molecule is CS(=O)(=O)c1cc([N+](=O)[O-])c(N2CCC(Nc3ccccc3F)CC2)s1. The van der Waals surface area contributed by atoms with Gasteiger partial charge in [-0.1, -0.05) is 23.5 Å². The van der Waals surface area contributed by atoms with E-state index in [0.29, 0.717) is 36.6 Å². The summed E-state index contributed by atoms with van der Waals surface area (Å²) in [6.45, 7) is 1.05. The lowest BCUT2D eigenvalue weighted by atomic mass is 10.0. The van der Waals surface area contributed by atoms with Crippen LogP contribution in [0.5, 0.6) is 0 Å². The average molecular weight is 399 g/mol. The van der Waals surface area contributed by atoms with Crippen molar-refractivity contribution in [3.63, 3.8) is 0 Å². The molecule has 26 heavy (non-hydrogen) atoms. The lowest BCUT2D eigenvalue weighted by Gasteiger charge is -2.33. The first-order valence-electron chi connectivity index (χ1n) is 8.00. The van der Waals surface area contributed by atoms with Crippen LogP contribution in [0.3, 0.4) is 0 Å². The van der Waals surface area contributed by atoms with E-state index in [1.165, 1.54) is 6.07 Å². The Kier molecular flexibility index (Phi) is 5.15. The number of rotatable bonds is 5. The van der Waals surface area contributed by atoms with Crippen molar-refractivity contribution < 1.29 is 17.7 Å². The van der Waals surface area contributed by atoms with Crippen LogP contribution in [0.4, 0.5) is 20.8 Å². The summed E-state index contributed by atoms with van der Waals surface area (Å²) in [4.78, 5) is 12.6. The first-order valence-corrected chi connectivity index (χ1v) is 10.7. The molecule has 140 valence electrons. The number of hydrogen-bond donors (Lipinski definition) is 1. The van der Waals surface area contributed by atoms with Crippen LogP contribution in [0.25, 0.3) is 0 Å². The van der Waals surface area contributed by atoms with Gasteiger partial charge in [-0.3, -0.25) is 10.1 Å². The van der Waals surface area contributed by atoms with Crippen molar-refractivity contribution in [1.82, 2.24) is 0 Å². The summed E-state index contributed by atoms with van der Waals surface area (Å²) in [6, 6.07) is 7.61. The fourth-order valence-electron chi connectivity index (χ4n) is 2.92. The second-order valence-electron chi connectivity index (χ2n) is 6.17. The maximum atomic E-state index is 13.7. The smallest absolute Gasteiger partial charge is 0.305 e. The number of piperidine rings is 1. The van der Waals surface area contributed by atoms with Crippen molar-refractivity contribution in [3.05, 3.63) is 46.3 Å². The molecule has 1 fully saturated rings. The molecule has 1 saturated heterocycles. The van der Waals surface area contributed by atoms with Crippen LogP contribution < -0.4 is 10.2 Å². The molecule has 0 aliphatic carbocycles. The molecule has 0 spiro atoms. The Morgan fingerprint density at radius 3 is 2.54 bits per heavy atom. The Balaban J connectivity index is 1.73. The van der Waals surface area contributed by atoms with Gasteiger partial charge in [-0.15, -0.1) is 0 Å². The second-order valence-corrected chi connectivity index (χ2v) is 9.44. The highest BCUT2D eigenvalue weighted by atomic mass is 32.2. The third kappa shape index (κ3) is 3.96. The molecule has 1 N–H and O–H groups in total. The molecule has 0 bridgehead atoms. The van der Waals surface area contributed by atoms with Gasteiger partial charge in [0.2, 0.25) is 0 Å². The topological polar surface area (TPSA) is 92.5 Å². The normalized spacial score (nSPS) is 15.8. The molecule has 0 saturated carbocycles. The predicted octanol–water partition coefficient (Wildman–Crippen LogP) is 3.28. The quantitative estimate of drug-likeness (QED) is 0.613. The van der Waals surface area contributed by atoms with E-state index in [1.54, 1.807) is 18.2 Å². The number of nitrogens with zero attached hydrogens (tertiary/aromatic N) is 2. The maximum absolute atomic E-state index is 13.7. The molecular formula is C16H18FN3O4S2. The lowest BCUT2D eigenvalue weighted by Crippen LogP contribution is -2.39. The molecule has 2 aromatic rings. The van der Waals surface area contributed by atoms with Crippen LogP contribution in [0, 0.1) is 15.9 Å². The highest BCUT2D eigenvalue weighted by molar-refractivity contribution is 7.92. The fraction of sp³-hybridized carbons (Fsp3) is 0.375. The monoisotopic (exact) mass is 399 g/mol. The minimum Gasteiger partial charge on any atom is -0.380 e. The second kappa shape index (κ2) is 7.20. The molecule has 0 radical (unpaired) electrons. The van der Waals surface area contributed by atoms with Crippen LogP contribution in [-0.2, 0) is 9.84 Å². The molecule has 1 aromatic carbocycles. The first kappa shape index (κ1) is 18.6. The van der Waals surface area contributed by atoms with Crippen LogP contribution in [-0.4, -0.2) is 38.7 Å². The number of sulfone groups is 1. The number of para-hydroxylation sites is 1. The lowest BCUT2D eigenvalue weighted by molar-refractivity contribution is -0.383. The van der Waals surface area contributed by atoms with Gasteiger partial charge in [-0.05, 0) is 25.0 Å². The number of benzene rings is 1. The average Bonchev–Trinajstić information content (AvgIpc) is 3.03. The van der Waals surface area contributed by atoms with Gasteiger partial charge in [0, 0.05) is 31.5 Å². The van der Waals surface area contributed by atoms with E-state index in [1.807, 2.05) is 4.90 Å². The Bertz CT molecular complexity index is 921. The van der Waals surface area contributed by atoms with E-state index in [0.717, 1.165) is 23.7 Å². The number of nitro groups is 1. The van der Waals surface area contributed by atoms with Crippen molar-refractivity contribution in [1.29, 1.82) is 0 Å². The molecule has 7 nitrogen and oxygen atoms in total. The van der Waals surface area contributed by atoms with Crippen LogP contribution in [0.15, 0.2) is 34.5 Å². The van der Waals surface area contributed by atoms with Crippen molar-refractivity contribution in [2.45, 2.75) is 23.1 Å². The van der Waals surface area contributed by atoms with Crippen molar-refractivity contribution in [2.24, 2.45) is 0 Å². The third-order valence-electron chi connectivity index (χ3n) is 4.25. The summed E-state index contributed by atoms with van der Waals surface area (Å²) in [5, 5.41) is 14.8. The zero-order valence-corrected chi connectivity index (χ0v) is 15.6. The van der Waals surface area contributed by atoms with Gasteiger partial charge in [-0.25, -0.2) is 12.8 Å². The fourth-order valence-corrected chi connectivity index (χ4v) is 4.99. The Hall–Kier alpha value is -2.20. The van der Waals surface area contributed by atoms with E-state index < -0.39 is 14.8 Å². The Morgan fingerprint density at radius 2 is 1.96 bits per heavy atom. The van der Waals surface area contributed by atoms with E-state index in [9.17, 15) is 22.9 Å². The van der Waals surface area contributed by atoms with Crippen molar-refractivity contribution in [2.75, 3.05) is 29.6 Å².